The van der Waals surface area contributed by atoms with Crippen LogP contribution in [-0.4, -0.2) is 23.2 Å². The molecule has 0 spiro atoms. The highest BCUT2D eigenvalue weighted by molar-refractivity contribution is 5.84. The molecule has 0 aliphatic heterocycles. The molecule has 2 aromatic carbocycles. The van der Waals surface area contributed by atoms with Gasteiger partial charge < -0.3 is 15.2 Å². The van der Waals surface area contributed by atoms with E-state index in [1.165, 1.54) is 44.9 Å². The van der Waals surface area contributed by atoms with E-state index in [2.05, 4.69) is 42.6 Å². The largest absolute Gasteiger partial charge is 0.490 e. The van der Waals surface area contributed by atoms with Crippen molar-refractivity contribution in [2.24, 2.45) is 5.92 Å². The highest BCUT2D eigenvalue weighted by atomic mass is 16.5. The summed E-state index contributed by atoms with van der Waals surface area (Å²) in [4.78, 5) is 10.9. The zero-order valence-corrected chi connectivity index (χ0v) is 17.1. The Morgan fingerprint density at radius 1 is 1.14 bits per heavy atom. The second-order valence-corrected chi connectivity index (χ2v) is 8.19. The molecule has 1 unspecified atom stereocenters. The van der Waals surface area contributed by atoms with E-state index in [9.17, 15) is 4.79 Å². The van der Waals surface area contributed by atoms with Crippen molar-refractivity contribution in [3.8, 4) is 5.75 Å². The Hall–Kier alpha value is -2.07. The van der Waals surface area contributed by atoms with Crippen LogP contribution in [0.1, 0.15) is 64.4 Å². The summed E-state index contributed by atoms with van der Waals surface area (Å²) >= 11 is 0. The van der Waals surface area contributed by atoms with E-state index in [1.807, 2.05) is 6.07 Å². The van der Waals surface area contributed by atoms with Gasteiger partial charge in [0.05, 0.1) is 6.10 Å². The molecule has 3 rings (SSSR count). The number of aliphatic carboxylic acids is 1. The smallest absolute Gasteiger partial charge is 0.320 e. The van der Waals surface area contributed by atoms with Gasteiger partial charge in [0, 0.05) is 6.54 Å². The zero-order valence-electron chi connectivity index (χ0n) is 17.1. The van der Waals surface area contributed by atoms with Gasteiger partial charge in [0.15, 0.2) is 0 Å². The van der Waals surface area contributed by atoms with Crippen LogP contribution in [0.3, 0.4) is 0 Å². The first-order chi connectivity index (χ1) is 13.5. The normalized spacial score (nSPS) is 20.8. The molecule has 1 saturated carbocycles. The first-order valence-corrected chi connectivity index (χ1v) is 10.7. The fourth-order valence-electron chi connectivity index (χ4n) is 4.04. The molecule has 4 heteroatoms. The van der Waals surface area contributed by atoms with Crippen LogP contribution in [0.4, 0.5) is 0 Å². The zero-order chi connectivity index (χ0) is 19.9. The maximum Gasteiger partial charge on any atom is 0.320 e. The molecule has 1 fully saturated rings. The topological polar surface area (TPSA) is 58.6 Å². The van der Waals surface area contributed by atoms with Gasteiger partial charge >= 0.3 is 5.97 Å². The van der Waals surface area contributed by atoms with Crippen molar-refractivity contribution < 1.29 is 14.6 Å². The summed E-state index contributed by atoms with van der Waals surface area (Å²) in [5.41, 5.74) is 1.08. The van der Waals surface area contributed by atoms with Gasteiger partial charge in [0.1, 0.15) is 11.8 Å². The Labute approximate surface area is 168 Å². The summed E-state index contributed by atoms with van der Waals surface area (Å²) in [6.07, 6.45) is 9.29. The van der Waals surface area contributed by atoms with Crippen LogP contribution in [0.2, 0.25) is 0 Å². The lowest BCUT2D eigenvalue weighted by atomic mass is 9.84. The number of carboxylic acid groups (broad SMARTS) is 1. The maximum absolute atomic E-state index is 10.9. The Morgan fingerprint density at radius 3 is 2.57 bits per heavy atom. The van der Waals surface area contributed by atoms with Crippen LogP contribution in [0, 0.1) is 5.92 Å². The first-order valence-electron chi connectivity index (χ1n) is 10.7. The highest BCUT2D eigenvalue weighted by Crippen LogP contribution is 2.31. The van der Waals surface area contributed by atoms with Gasteiger partial charge in [-0.1, -0.05) is 44.4 Å². The molecule has 1 aliphatic rings. The minimum Gasteiger partial charge on any atom is -0.490 e. The van der Waals surface area contributed by atoms with Gasteiger partial charge in [0.2, 0.25) is 0 Å². The number of hydrogen-bond acceptors (Lipinski definition) is 3. The van der Waals surface area contributed by atoms with E-state index in [0.717, 1.165) is 28.0 Å². The summed E-state index contributed by atoms with van der Waals surface area (Å²) in [5.74, 6) is 1.02. The summed E-state index contributed by atoms with van der Waals surface area (Å²) in [5, 5.41) is 14.3. The third-order valence-corrected chi connectivity index (χ3v) is 5.92. The SMILES string of the molecule is CCCC[C@H]1CC[C@H](Oc2ccc3cc(CNC(C)C(=O)O)ccc3c2)CC1. The van der Waals surface area contributed by atoms with Crippen molar-refractivity contribution in [1.29, 1.82) is 0 Å². The predicted octanol–water partition coefficient (Wildman–Crippen LogP) is 5.53. The molecule has 2 N–H and O–H groups in total. The van der Waals surface area contributed by atoms with Crippen molar-refractivity contribution in [3.05, 3.63) is 42.0 Å². The molecule has 152 valence electrons. The van der Waals surface area contributed by atoms with E-state index in [0.29, 0.717) is 12.6 Å². The van der Waals surface area contributed by atoms with Crippen LogP contribution < -0.4 is 10.1 Å². The second kappa shape index (κ2) is 9.92. The molecule has 28 heavy (non-hydrogen) atoms. The van der Waals surface area contributed by atoms with Gasteiger partial charge in [0.25, 0.3) is 0 Å². The minimum absolute atomic E-state index is 0.344. The summed E-state index contributed by atoms with van der Waals surface area (Å²) in [7, 11) is 0. The van der Waals surface area contributed by atoms with Crippen molar-refractivity contribution in [1.82, 2.24) is 5.32 Å². The monoisotopic (exact) mass is 383 g/mol. The predicted molar refractivity (Wildman–Crippen MR) is 114 cm³/mol. The van der Waals surface area contributed by atoms with Crippen molar-refractivity contribution in [3.63, 3.8) is 0 Å². The number of rotatable bonds is 9. The number of ether oxygens (including phenoxy) is 1. The van der Waals surface area contributed by atoms with Gasteiger partial charge in [-0.3, -0.25) is 4.79 Å². The number of benzene rings is 2. The molecule has 0 bridgehead atoms. The van der Waals surface area contributed by atoms with Crippen molar-refractivity contribution >= 4 is 16.7 Å². The molecule has 0 saturated heterocycles. The number of carbonyl (C=O) groups is 1. The third kappa shape index (κ3) is 5.71. The van der Waals surface area contributed by atoms with Crippen LogP contribution >= 0.6 is 0 Å². The molecule has 4 nitrogen and oxygen atoms in total. The van der Waals surface area contributed by atoms with Gasteiger partial charge in [-0.25, -0.2) is 0 Å². The molecule has 2 aromatic rings. The van der Waals surface area contributed by atoms with E-state index in [1.54, 1.807) is 6.92 Å². The average molecular weight is 384 g/mol. The van der Waals surface area contributed by atoms with Gasteiger partial charge in [-0.2, -0.15) is 0 Å². The second-order valence-electron chi connectivity index (χ2n) is 8.19. The number of fused-ring (bicyclic) bond motifs is 1. The lowest BCUT2D eigenvalue weighted by Crippen LogP contribution is -2.33. The van der Waals surface area contributed by atoms with Crippen LogP contribution in [0.5, 0.6) is 5.75 Å². The summed E-state index contributed by atoms with van der Waals surface area (Å²) in [6, 6.07) is 12.0. The Bertz CT molecular complexity index is 781. The molecular formula is C24H33NO3. The Kier molecular flexibility index (Phi) is 7.32. The number of carboxylic acids is 1. The van der Waals surface area contributed by atoms with E-state index < -0.39 is 12.0 Å². The molecule has 0 radical (unpaired) electrons. The van der Waals surface area contributed by atoms with Gasteiger partial charge in [-0.15, -0.1) is 0 Å². The minimum atomic E-state index is -0.832. The number of unbranched alkanes of at least 4 members (excludes halogenated alkanes) is 1. The van der Waals surface area contributed by atoms with Crippen LogP contribution in [0.25, 0.3) is 10.8 Å². The molecule has 0 amide bonds. The lowest BCUT2D eigenvalue weighted by molar-refractivity contribution is -0.139. The molecular weight excluding hydrogens is 350 g/mol. The summed E-state index contributed by atoms with van der Waals surface area (Å²) in [6.45, 7) is 4.47. The van der Waals surface area contributed by atoms with E-state index in [-0.39, 0.29) is 0 Å². The molecule has 1 aliphatic carbocycles. The maximum atomic E-state index is 10.9. The van der Waals surface area contributed by atoms with Crippen molar-refractivity contribution in [2.75, 3.05) is 0 Å². The molecule has 0 heterocycles. The van der Waals surface area contributed by atoms with Gasteiger partial charge in [-0.05, 0) is 73.1 Å². The third-order valence-electron chi connectivity index (χ3n) is 5.92. The van der Waals surface area contributed by atoms with E-state index >= 15 is 0 Å². The fraction of sp³-hybridized carbons (Fsp3) is 0.542. The lowest BCUT2D eigenvalue weighted by Gasteiger charge is -2.29. The van der Waals surface area contributed by atoms with Crippen LogP contribution in [0.15, 0.2) is 36.4 Å². The number of nitrogens with one attached hydrogen (secondary N) is 1. The molecule has 0 aromatic heterocycles. The fourth-order valence-corrected chi connectivity index (χ4v) is 4.04. The average Bonchev–Trinajstić information content (AvgIpc) is 2.71. The number of hydrogen-bond donors (Lipinski definition) is 2. The highest BCUT2D eigenvalue weighted by Gasteiger charge is 2.22. The first kappa shape index (κ1) is 20.7. The quantitative estimate of drug-likeness (QED) is 0.598. The van der Waals surface area contributed by atoms with Crippen molar-refractivity contribution in [2.45, 2.75) is 77.5 Å². The Balaban J connectivity index is 1.56. The Morgan fingerprint density at radius 2 is 1.86 bits per heavy atom. The van der Waals surface area contributed by atoms with Crippen LogP contribution in [-0.2, 0) is 11.3 Å². The standard InChI is InChI=1S/C24H33NO3/c1-3-4-5-18-7-11-22(12-8-18)28-23-13-10-20-14-19(6-9-21(20)15-23)16-25-17(2)24(26)27/h6,9-10,13-15,17-18,22,25H,3-5,7-8,11-12,16H2,1-2H3,(H,26,27)/t17?,18-,22-. The molecule has 1 atom stereocenters. The summed E-state index contributed by atoms with van der Waals surface area (Å²) < 4.78 is 6.27. The van der Waals surface area contributed by atoms with E-state index in [4.69, 9.17) is 9.84 Å².